The molecule has 2 aromatic heterocycles. The van der Waals surface area contributed by atoms with Crippen molar-refractivity contribution in [3.63, 3.8) is 0 Å². The van der Waals surface area contributed by atoms with Gasteiger partial charge in [0.2, 0.25) is 0 Å². The van der Waals surface area contributed by atoms with Gasteiger partial charge in [-0.05, 0) is 12.5 Å². The number of imidazole rings is 1. The lowest BCUT2D eigenvalue weighted by molar-refractivity contribution is 0.166. The molecule has 0 saturated carbocycles. The first-order valence-electron chi connectivity index (χ1n) is 5.18. The van der Waals surface area contributed by atoms with Gasteiger partial charge < -0.3 is 9.67 Å². The highest BCUT2D eigenvalue weighted by molar-refractivity contribution is 5.09. The molecule has 0 aliphatic heterocycles. The zero-order valence-corrected chi connectivity index (χ0v) is 9.11. The number of nitrogens with zero attached hydrogens (tertiary/aromatic N) is 4. The van der Waals surface area contributed by atoms with E-state index >= 15 is 0 Å². The minimum atomic E-state index is -0.507. The Morgan fingerprint density at radius 3 is 2.88 bits per heavy atom. The Morgan fingerprint density at radius 2 is 2.25 bits per heavy atom. The molecule has 2 aromatic rings. The molecule has 0 bridgehead atoms. The van der Waals surface area contributed by atoms with Crippen molar-refractivity contribution in [2.75, 3.05) is 0 Å². The lowest BCUT2D eigenvalue weighted by atomic mass is 10.1. The van der Waals surface area contributed by atoms with Gasteiger partial charge in [-0.25, -0.2) is 4.98 Å². The molecule has 0 amide bonds. The van der Waals surface area contributed by atoms with Gasteiger partial charge in [0.15, 0.2) is 0 Å². The van der Waals surface area contributed by atoms with Crippen LogP contribution >= 0.6 is 0 Å². The number of aromatic nitrogens is 4. The van der Waals surface area contributed by atoms with Crippen molar-refractivity contribution in [2.45, 2.75) is 18.9 Å². The summed E-state index contributed by atoms with van der Waals surface area (Å²) in [5.74, 6) is 0.973. The van der Waals surface area contributed by atoms with Crippen molar-refractivity contribution in [3.05, 3.63) is 42.2 Å². The predicted octanol–water partition coefficient (Wildman–Crippen LogP) is 0.876. The molecule has 0 saturated heterocycles. The van der Waals surface area contributed by atoms with Gasteiger partial charge in [0.25, 0.3) is 0 Å². The molecule has 0 fully saturated rings. The minimum Gasteiger partial charge on any atom is -0.388 e. The highest BCUT2D eigenvalue weighted by Crippen LogP contribution is 2.16. The summed E-state index contributed by atoms with van der Waals surface area (Å²) in [5, 5.41) is 17.3. The molecule has 5 nitrogen and oxygen atoms in total. The molecule has 2 rings (SSSR count). The van der Waals surface area contributed by atoms with Crippen molar-refractivity contribution in [3.8, 4) is 0 Å². The second kappa shape index (κ2) is 4.85. The molecule has 0 aliphatic carbocycles. The van der Waals surface area contributed by atoms with Crippen molar-refractivity contribution >= 4 is 0 Å². The van der Waals surface area contributed by atoms with Crippen LogP contribution in [0.5, 0.6) is 0 Å². The predicted molar refractivity (Wildman–Crippen MR) is 58.5 cm³/mol. The third-order valence-corrected chi connectivity index (χ3v) is 2.55. The Hall–Kier alpha value is -1.75. The van der Waals surface area contributed by atoms with Crippen LogP contribution in [0.3, 0.4) is 0 Å². The summed E-state index contributed by atoms with van der Waals surface area (Å²) in [5.41, 5.74) is 0.796. The third-order valence-electron chi connectivity index (χ3n) is 2.55. The van der Waals surface area contributed by atoms with E-state index in [-0.39, 0.29) is 0 Å². The van der Waals surface area contributed by atoms with Crippen LogP contribution in [0.1, 0.15) is 23.9 Å². The molecular weight excluding hydrogens is 204 g/mol. The summed E-state index contributed by atoms with van der Waals surface area (Å²) in [7, 11) is 1.95. The lowest BCUT2D eigenvalue weighted by Crippen LogP contribution is -2.04. The SMILES string of the molecule is Cn1ccnc1CCC(O)c1ccnnc1. The normalized spacial score (nSPS) is 12.6. The zero-order chi connectivity index (χ0) is 11.4. The van der Waals surface area contributed by atoms with Gasteiger partial charge >= 0.3 is 0 Å². The summed E-state index contributed by atoms with van der Waals surface area (Å²) in [6, 6.07) is 1.77. The van der Waals surface area contributed by atoms with E-state index in [4.69, 9.17) is 0 Å². The summed E-state index contributed by atoms with van der Waals surface area (Å²) >= 11 is 0. The fourth-order valence-electron chi connectivity index (χ4n) is 1.57. The van der Waals surface area contributed by atoms with E-state index in [1.54, 1.807) is 24.7 Å². The molecule has 0 radical (unpaired) electrons. The molecule has 1 N–H and O–H groups in total. The first kappa shape index (κ1) is 10.8. The van der Waals surface area contributed by atoms with Crippen LogP contribution in [0.15, 0.2) is 30.9 Å². The quantitative estimate of drug-likeness (QED) is 0.827. The van der Waals surface area contributed by atoms with E-state index in [9.17, 15) is 5.11 Å². The zero-order valence-electron chi connectivity index (χ0n) is 9.11. The van der Waals surface area contributed by atoms with E-state index in [2.05, 4.69) is 15.2 Å². The van der Waals surface area contributed by atoms with E-state index < -0.39 is 6.10 Å². The van der Waals surface area contributed by atoms with E-state index in [0.29, 0.717) is 6.42 Å². The molecule has 16 heavy (non-hydrogen) atoms. The van der Waals surface area contributed by atoms with Crippen LogP contribution in [-0.4, -0.2) is 24.9 Å². The molecule has 84 valence electrons. The monoisotopic (exact) mass is 218 g/mol. The van der Waals surface area contributed by atoms with Crippen LogP contribution in [0, 0.1) is 0 Å². The van der Waals surface area contributed by atoms with Gasteiger partial charge in [-0.15, -0.1) is 0 Å². The minimum absolute atomic E-state index is 0.507. The third kappa shape index (κ3) is 2.43. The molecule has 1 atom stereocenters. The molecule has 1 unspecified atom stereocenters. The number of aryl methyl sites for hydroxylation is 2. The molecule has 0 spiro atoms. The number of rotatable bonds is 4. The first-order chi connectivity index (χ1) is 7.77. The Kier molecular flexibility index (Phi) is 3.26. The molecular formula is C11H14N4O. The maximum Gasteiger partial charge on any atom is 0.108 e. The largest absolute Gasteiger partial charge is 0.388 e. The van der Waals surface area contributed by atoms with Crippen molar-refractivity contribution < 1.29 is 5.11 Å². The number of hydrogen-bond acceptors (Lipinski definition) is 4. The van der Waals surface area contributed by atoms with Gasteiger partial charge in [-0.3, -0.25) is 0 Å². The average Bonchev–Trinajstić information content (AvgIpc) is 2.73. The maximum absolute atomic E-state index is 9.91. The summed E-state index contributed by atoms with van der Waals surface area (Å²) in [6.45, 7) is 0. The maximum atomic E-state index is 9.91. The lowest BCUT2D eigenvalue weighted by Gasteiger charge is -2.09. The summed E-state index contributed by atoms with van der Waals surface area (Å²) in [6.07, 6.45) is 7.70. The Bertz CT molecular complexity index is 440. The average molecular weight is 218 g/mol. The number of aliphatic hydroxyl groups is 1. The van der Waals surface area contributed by atoms with Gasteiger partial charge in [-0.2, -0.15) is 10.2 Å². The molecule has 0 aliphatic rings. The van der Waals surface area contributed by atoms with Gasteiger partial charge in [0.05, 0.1) is 12.3 Å². The standard InChI is InChI=1S/C11H14N4O/c1-15-7-6-12-11(15)3-2-10(16)9-4-5-13-14-8-9/h4-8,10,16H,2-3H2,1H3. The van der Waals surface area contributed by atoms with Gasteiger partial charge in [-0.1, -0.05) is 0 Å². The number of aliphatic hydroxyl groups excluding tert-OH is 1. The first-order valence-corrected chi connectivity index (χ1v) is 5.18. The van der Waals surface area contributed by atoms with Crippen molar-refractivity contribution in [2.24, 2.45) is 7.05 Å². The second-order valence-corrected chi connectivity index (χ2v) is 3.68. The molecule has 5 heteroatoms. The molecule has 2 heterocycles. The Morgan fingerprint density at radius 1 is 1.38 bits per heavy atom. The van der Waals surface area contributed by atoms with E-state index in [1.807, 2.05) is 17.8 Å². The fraction of sp³-hybridized carbons (Fsp3) is 0.364. The van der Waals surface area contributed by atoms with Crippen LogP contribution in [0.2, 0.25) is 0 Å². The van der Waals surface area contributed by atoms with Gasteiger partial charge in [0, 0.05) is 37.6 Å². The Balaban J connectivity index is 1.94. The summed E-state index contributed by atoms with van der Waals surface area (Å²) < 4.78 is 1.96. The van der Waals surface area contributed by atoms with Gasteiger partial charge in [0.1, 0.15) is 5.82 Å². The van der Waals surface area contributed by atoms with Crippen molar-refractivity contribution in [1.29, 1.82) is 0 Å². The topological polar surface area (TPSA) is 63.8 Å². The fourth-order valence-corrected chi connectivity index (χ4v) is 1.57. The van der Waals surface area contributed by atoms with Crippen molar-refractivity contribution in [1.82, 2.24) is 19.7 Å². The van der Waals surface area contributed by atoms with Crippen LogP contribution < -0.4 is 0 Å². The van der Waals surface area contributed by atoms with E-state index in [1.165, 1.54) is 0 Å². The van der Waals surface area contributed by atoms with Crippen LogP contribution in [0.4, 0.5) is 0 Å². The number of hydrogen-bond donors (Lipinski definition) is 1. The Labute approximate surface area is 93.8 Å². The molecule has 0 aromatic carbocycles. The van der Waals surface area contributed by atoms with Crippen LogP contribution in [0.25, 0.3) is 0 Å². The smallest absolute Gasteiger partial charge is 0.108 e. The highest BCUT2D eigenvalue weighted by Gasteiger charge is 2.09. The summed E-state index contributed by atoms with van der Waals surface area (Å²) in [4.78, 5) is 4.21. The van der Waals surface area contributed by atoms with E-state index in [0.717, 1.165) is 17.8 Å². The van der Waals surface area contributed by atoms with Crippen LogP contribution in [-0.2, 0) is 13.5 Å². The second-order valence-electron chi connectivity index (χ2n) is 3.68. The highest BCUT2D eigenvalue weighted by atomic mass is 16.3.